The van der Waals surface area contributed by atoms with Crippen LogP contribution in [0.5, 0.6) is 5.75 Å². The smallest absolute Gasteiger partial charge is 0.236 e. The van der Waals surface area contributed by atoms with E-state index < -0.39 is 5.82 Å². The molecular weight excluding hydrogens is 537 g/mol. The van der Waals surface area contributed by atoms with Crippen LogP contribution in [0.2, 0.25) is 0 Å². The number of benzene rings is 1. The van der Waals surface area contributed by atoms with Gasteiger partial charge in [-0.2, -0.15) is 14.8 Å². The number of aromatic nitrogens is 4. The monoisotopic (exact) mass is 569 g/mol. The fraction of sp³-hybridized carbons (Fsp3) is 0.367. The summed E-state index contributed by atoms with van der Waals surface area (Å²) in [6, 6.07) is 14.6. The first-order valence-electron chi connectivity index (χ1n) is 14.2. The Bertz CT molecular complexity index is 1630. The molecule has 2 aliphatic rings. The third-order valence-electron chi connectivity index (χ3n) is 7.83. The summed E-state index contributed by atoms with van der Waals surface area (Å²) >= 11 is 0. The number of rotatable bonds is 7. The number of piperazine rings is 1. The molecular formula is C30H32FN9O2. The summed E-state index contributed by atoms with van der Waals surface area (Å²) in [7, 11) is 0. The second-order valence-electron chi connectivity index (χ2n) is 10.7. The maximum atomic E-state index is 16.2. The lowest BCUT2D eigenvalue weighted by molar-refractivity contribution is -0.131. The van der Waals surface area contributed by atoms with Crippen LogP contribution in [0.3, 0.4) is 0 Å². The number of piperidine rings is 1. The summed E-state index contributed by atoms with van der Waals surface area (Å²) < 4.78 is 17.9. The third kappa shape index (κ3) is 5.82. The number of aromatic hydroxyl groups is 1. The SMILES string of the molecule is N#CCC(=O)N1CCC[C@@H](Nc2nc(-c3cnn4ccccc34)nc(N3CCN(Cc4cccc(O)c4)CC3)c2F)C1. The van der Waals surface area contributed by atoms with Crippen LogP contribution in [0, 0.1) is 17.1 Å². The van der Waals surface area contributed by atoms with E-state index in [4.69, 9.17) is 10.2 Å². The topological polar surface area (TPSA) is 126 Å². The number of phenolic OH excluding ortho intramolecular Hbond substituents is 1. The highest BCUT2D eigenvalue weighted by Gasteiger charge is 2.28. The Hall–Kier alpha value is -4.76. The van der Waals surface area contributed by atoms with Gasteiger partial charge in [0, 0.05) is 58.1 Å². The molecule has 5 heterocycles. The highest BCUT2D eigenvalue weighted by molar-refractivity contribution is 5.79. The highest BCUT2D eigenvalue weighted by atomic mass is 19.1. The van der Waals surface area contributed by atoms with Gasteiger partial charge < -0.3 is 20.2 Å². The molecule has 0 spiro atoms. The number of carbonyl (C=O) groups is 1. The molecule has 1 amide bonds. The normalized spacial score (nSPS) is 17.8. The first-order valence-corrected chi connectivity index (χ1v) is 14.2. The number of hydrogen-bond acceptors (Lipinski definition) is 9. The molecule has 6 rings (SSSR count). The Morgan fingerprint density at radius 3 is 2.79 bits per heavy atom. The molecule has 0 radical (unpaired) electrons. The summed E-state index contributed by atoms with van der Waals surface area (Å²) in [5.41, 5.74) is 2.52. The molecule has 2 saturated heterocycles. The summed E-state index contributed by atoms with van der Waals surface area (Å²) in [5, 5.41) is 26.5. The van der Waals surface area contributed by atoms with Crippen LogP contribution < -0.4 is 10.2 Å². The number of carbonyl (C=O) groups excluding carboxylic acids is 1. The number of nitriles is 1. The molecule has 2 N–H and O–H groups in total. The number of anilines is 2. The van der Waals surface area contributed by atoms with Crippen LogP contribution >= 0.6 is 0 Å². The van der Waals surface area contributed by atoms with Crippen molar-refractivity contribution in [1.29, 1.82) is 5.26 Å². The fourth-order valence-electron chi connectivity index (χ4n) is 5.69. The van der Waals surface area contributed by atoms with E-state index in [2.05, 4.69) is 20.3 Å². The Morgan fingerprint density at radius 1 is 1.12 bits per heavy atom. The molecule has 0 bridgehead atoms. The van der Waals surface area contributed by atoms with Gasteiger partial charge >= 0.3 is 0 Å². The van der Waals surface area contributed by atoms with Gasteiger partial charge in [-0.1, -0.05) is 18.2 Å². The highest BCUT2D eigenvalue weighted by Crippen LogP contribution is 2.31. The van der Waals surface area contributed by atoms with Crippen molar-refractivity contribution in [1.82, 2.24) is 29.4 Å². The minimum absolute atomic E-state index is 0.0899. The summed E-state index contributed by atoms with van der Waals surface area (Å²) in [4.78, 5) is 27.6. The number of nitrogens with one attached hydrogen (secondary N) is 1. The van der Waals surface area contributed by atoms with Crippen LogP contribution in [-0.4, -0.2) is 85.7 Å². The molecule has 1 aromatic carbocycles. The molecule has 0 saturated carbocycles. The molecule has 0 unspecified atom stereocenters. The van der Waals surface area contributed by atoms with Crippen molar-refractivity contribution in [3.63, 3.8) is 0 Å². The average molecular weight is 570 g/mol. The number of hydrogen-bond donors (Lipinski definition) is 2. The third-order valence-corrected chi connectivity index (χ3v) is 7.83. The van der Waals surface area contributed by atoms with Gasteiger partial charge in [-0.15, -0.1) is 0 Å². The minimum atomic E-state index is -0.530. The Balaban J connectivity index is 1.27. The van der Waals surface area contributed by atoms with E-state index in [1.807, 2.05) is 47.5 Å². The van der Waals surface area contributed by atoms with Gasteiger partial charge in [-0.25, -0.2) is 14.5 Å². The number of phenols is 1. The molecule has 4 aromatic rings. The van der Waals surface area contributed by atoms with Gasteiger partial charge in [-0.3, -0.25) is 9.69 Å². The largest absolute Gasteiger partial charge is 0.508 e. The van der Waals surface area contributed by atoms with E-state index in [9.17, 15) is 9.90 Å². The standard InChI is InChI=1S/C30H32FN9O2/c31-27-29(34-22-6-4-11-39(20-22)26(42)9-10-32)35-28(24-18-33-40-12-2-1-8-25(24)40)36-30(27)38-15-13-37(14-16-38)19-21-5-3-7-23(41)17-21/h1-3,5,7-8,12,17-18,22,41H,4,6,9,11,13-16,19-20H2,(H,34,35,36)/t22-/m1/s1. The van der Waals surface area contributed by atoms with Gasteiger partial charge in [0.25, 0.3) is 0 Å². The van der Waals surface area contributed by atoms with E-state index >= 15 is 4.39 Å². The number of nitrogens with zero attached hydrogens (tertiary/aromatic N) is 8. The lowest BCUT2D eigenvalue weighted by atomic mass is 10.1. The van der Waals surface area contributed by atoms with Crippen molar-refractivity contribution < 1.29 is 14.3 Å². The maximum absolute atomic E-state index is 16.2. The van der Waals surface area contributed by atoms with Gasteiger partial charge in [0.15, 0.2) is 17.5 Å². The van der Waals surface area contributed by atoms with Gasteiger partial charge in [0.2, 0.25) is 11.7 Å². The molecule has 1 atom stereocenters. The van der Waals surface area contributed by atoms with E-state index in [1.54, 1.807) is 27.7 Å². The Morgan fingerprint density at radius 2 is 1.98 bits per heavy atom. The summed E-state index contributed by atoms with van der Waals surface area (Å²) in [6.07, 6.45) is 4.84. The van der Waals surface area contributed by atoms with Crippen molar-refractivity contribution in [3.05, 3.63) is 66.2 Å². The molecule has 12 heteroatoms. The number of halogens is 1. The van der Waals surface area contributed by atoms with Gasteiger partial charge in [0.05, 0.1) is 23.3 Å². The summed E-state index contributed by atoms with van der Waals surface area (Å²) in [6.45, 7) is 4.19. The van der Waals surface area contributed by atoms with E-state index in [1.165, 1.54) is 0 Å². The fourth-order valence-corrected chi connectivity index (χ4v) is 5.69. The number of fused-ring (bicyclic) bond motifs is 1. The predicted molar refractivity (Wildman–Crippen MR) is 155 cm³/mol. The summed E-state index contributed by atoms with van der Waals surface area (Å²) in [5.74, 6) is 0.172. The lowest BCUT2D eigenvalue weighted by Crippen LogP contribution is -2.47. The quantitative estimate of drug-likeness (QED) is 0.345. The molecule has 216 valence electrons. The second-order valence-corrected chi connectivity index (χ2v) is 10.7. The van der Waals surface area contributed by atoms with Crippen molar-refractivity contribution in [2.75, 3.05) is 49.5 Å². The van der Waals surface area contributed by atoms with Crippen molar-refractivity contribution in [3.8, 4) is 23.2 Å². The van der Waals surface area contributed by atoms with Crippen LogP contribution in [0.25, 0.3) is 16.9 Å². The predicted octanol–water partition coefficient (Wildman–Crippen LogP) is 3.27. The lowest BCUT2D eigenvalue weighted by Gasteiger charge is -2.36. The van der Waals surface area contributed by atoms with Gasteiger partial charge in [0.1, 0.15) is 12.2 Å². The van der Waals surface area contributed by atoms with Crippen molar-refractivity contribution in [2.45, 2.75) is 31.8 Å². The molecule has 11 nitrogen and oxygen atoms in total. The molecule has 42 heavy (non-hydrogen) atoms. The molecule has 3 aromatic heterocycles. The number of pyridine rings is 1. The minimum Gasteiger partial charge on any atom is -0.508 e. The average Bonchev–Trinajstić information content (AvgIpc) is 3.43. The number of likely N-dealkylation sites (tertiary alicyclic amines) is 1. The first-order chi connectivity index (χ1) is 20.5. The van der Waals surface area contributed by atoms with Gasteiger partial charge in [-0.05, 0) is 42.7 Å². The van der Waals surface area contributed by atoms with E-state index in [0.29, 0.717) is 57.2 Å². The van der Waals surface area contributed by atoms with Crippen LogP contribution in [0.15, 0.2) is 54.9 Å². The number of amides is 1. The maximum Gasteiger partial charge on any atom is 0.236 e. The Labute approximate surface area is 242 Å². The van der Waals surface area contributed by atoms with Crippen LogP contribution in [0.4, 0.5) is 16.0 Å². The zero-order valence-electron chi connectivity index (χ0n) is 23.2. The van der Waals surface area contributed by atoms with Crippen molar-refractivity contribution >= 4 is 23.1 Å². The van der Waals surface area contributed by atoms with E-state index in [-0.39, 0.29) is 35.8 Å². The molecule has 2 fully saturated rings. The first kappa shape index (κ1) is 27.4. The molecule has 2 aliphatic heterocycles. The molecule has 0 aliphatic carbocycles. The van der Waals surface area contributed by atoms with Crippen LogP contribution in [0.1, 0.15) is 24.8 Å². The zero-order chi connectivity index (χ0) is 29.1. The zero-order valence-corrected chi connectivity index (χ0v) is 23.2. The van der Waals surface area contributed by atoms with E-state index in [0.717, 1.165) is 23.9 Å². The van der Waals surface area contributed by atoms with Crippen molar-refractivity contribution in [2.24, 2.45) is 0 Å². The second kappa shape index (κ2) is 12.0. The van der Waals surface area contributed by atoms with Crippen LogP contribution in [-0.2, 0) is 11.3 Å². The Kier molecular flexibility index (Phi) is 7.83.